The molecule has 0 aromatic carbocycles. The maximum atomic E-state index is 12.5. The standard InChI is InChI=1S/C14H22N2O3S/c1-14(2)7-4-11(5-8-14)16(3)20(18,19)13-10-15-9-6-12(13)17/h6,9-11H,4-5,7-8H2,1-3H3,(H,15,17). The Hall–Kier alpha value is -1.14. The predicted octanol–water partition coefficient (Wildman–Crippen LogP) is 1.96. The summed E-state index contributed by atoms with van der Waals surface area (Å²) in [6.07, 6.45) is 6.39. The van der Waals surface area contributed by atoms with Crippen LogP contribution in [-0.4, -0.2) is 30.8 Å². The van der Waals surface area contributed by atoms with Crippen molar-refractivity contribution in [2.75, 3.05) is 7.05 Å². The van der Waals surface area contributed by atoms with E-state index in [1.807, 2.05) is 0 Å². The van der Waals surface area contributed by atoms with E-state index in [4.69, 9.17) is 0 Å². The van der Waals surface area contributed by atoms with Crippen LogP contribution >= 0.6 is 0 Å². The molecule has 1 saturated carbocycles. The lowest BCUT2D eigenvalue weighted by Gasteiger charge is -2.37. The molecule has 0 spiro atoms. The first-order valence-corrected chi connectivity index (χ1v) is 8.33. The molecule has 0 radical (unpaired) electrons. The molecule has 2 rings (SSSR count). The van der Waals surface area contributed by atoms with Crippen molar-refractivity contribution in [3.05, 3.63) is 28.7 Å². The molecule has 0 saturated heterocycles. The molecule has 1 N–H and O–H groups in total. The fourth-order valence-electron chi connectivity index (χ4n) is 2.70. The van der Waals surface area contributed by atoms with E-state index in [9.17, 15) is 13.2 Å². The van der Waals surface area contributed by atoms with Gasteiger partial charge in [-0.15, -0.1) is 0 Å². The van der Waals surface area contributed by atoms with Crippen LogP contribution in [0, 0.1) is 5.41 Å². The van der Waals surface area contributed by atoms with Crippen molar-refractivity contribution < 1.29 is 8.42 Å². The molecule has 1 aromatic rings. The quantitative estimate of drug-likeness (QED) is 0.927. The second-order valence-electron chi connectivity index (χ2n) is 6.29. The van der Waals surface area contributed by atoms with Gasteiger partial charge in [0.05, 0.1) is 0 Å². The lowest BCUT2D eigenvalue weighted by Crippen LogP contribution is -2.42. The predicted molar refractivity (Wildman–Crippen MR) is 78.0 cm³/mol. The van der Waals surface area contributed by atoms with Gasteiger partial charge in [0.25, 0.3) is 0 Å². The van der Waals surface area contributed by atoms with Crippen molar-refractivity contribution in [1.29, 1.82) is 0 Å². The first-order chi connectivity index (χ1) is 9.24. The number of H-pyrrole nitrogens is 1. The van der Waals surface area contributed by atoms with E-state index in [1.165, 1.54) is 22.8 Å². The van der Waals surface area contributed by atoms with Crippen molar-refractivity contribution >= 4 is 10.0 Å². The van der Waals surface area contributed by atoms with Crippen molar-refractivity contribution in [1.82, 2.24) is 9.29 Å². The van der Waals surface area contributed by atoms with Crippen LogP contribution in [0.5, 0.6) is 0 Å². The molecule has 0 unspecified atom stereocenters. The summed E-state index contributed by atoms with van der Waals surface area (Å²) in [5.41, 5.74) is -0.183. The molecule has 6 heteroatoms. The third-order valence-corrected chi connectivity index (χ3v) is 6.20. The zero-order chi connectivity index (χ0) is 15.0. The summed E-state index contributed by atoms with van der Waals surface area (Å²) in [5.74, 6) is 0. The van der Waals surface area contributed by atoms with E-state index in [0.717, 1.165) is 25.7 Å². The molecule has 0 amide bonds. The molecule has 5 nitrogen and oxygen atoms in total. The second kappa shape index (κ2) is 5.33. The van der Waals surface area contributed by atoms with E-state index in [2.05, 4.69) is 18.8 Å². The lowest BCUT2D eigenvalue weighted by atomic mass is 9.76. The topological polar surface area (TPSA) is 70.2 Å². The van der Waals surface area contributed by atoms with Crippen LogP contribution in [0.2, 0.25) is 0 Å². The Balaban J connectivity index is 2.23. The maximum absolute atomic E-state index is 12.5. The summed E-state index contributed by atoms with van der Waals surface area (Å²) in [6, 6.07) is 1.22. The molecular formula is C14H22N2O3S. The number of sulfonamides is 1. The number of hydrogen-bond acceptors (Lipinski definition) is 3. The summed E-state index contributed by atoms with van der Waals surface area (Å²) in [6.45, 7) is 4.42. The van der Waals surface area contributed by atoms with Crippen molar-refractivity contribution in [3.8, 4) is 0 Å². The van der Waals surface area contributed by atoms with Gasteiger partial charge in [-0.05, 0) is 31.1 Å². The summed E-state index contributed by atoms with van der Waals surface area (Å²) in [5, 5.41) is 0. The first-order valence-electron chi connectivity index (χ1n) is 6.89. The Bertz CT molecular complexity index is 624. The third-order valence-electron chi connectivity index (χ3n) is 4.27. The molecule has 0 atom stereocenters. The summed E-state index contributed by atoms with van der Waals surface area (Å²) < 4.78 is 26.4. The Morgan fingerprint density at radius 3 is 2.45 bits per heavy atom. The van der Waals surface area contributed by atoms with Crippen LogP contribution in [0.4, 0.5) is 0 Å². The van der Waals surface area contributed by atoms with Gasteiger partial charge in [-0.3, -0.25) is 4.79 Å². The number of pyridine rings is 1. The van der Waals surface area contributed by atoms with Gasteiger partial charge in [0.15, 0.2) is 0 Å². The number of nitrogens with zero attached hydrogens (tertiary/aromatic N) is 1. The first kappa shape index (κ1) is 15.3. The normalized spacial score (nSPS) is 20.2. The van der Waals surface area contributed by atoms with E-state index < -0.39 is 15.5 Å². The van der Waals surface area contributed by atoms with Crippen molar-refractivity contribution in [2.24, 2.45) is 5.41 Å². The van der Waals surface area contributed by atoms with E-state index in [0.29, 0.717) is 0 Å². The van der Waals surface area contributed by atoms with Gasteiger partial charge >= 0.3 is 0 Å². The molecule has 1 aliphatic carbocycles. The van der Waals surface area contributed by atoms with Crippen molar-refractivity contribution in [2.45, 2.75) is 50.5 Å². The lowest BCUT2D eigenvalue weighted by molar-refractivity contribution is 0.174. The highest BCUT2D eigenvalue weighted by atomic mass is 32.2. The van der Waals surface area contributed by atoms with Gasteiger partial charge < -0.3 is 4.98 Å². The van der Waals surface area contributed by atoms with E-state index in [1.54, 1.807) is 7.05 Å². The molecule has 1 aliphatic rings. The van der Waals surface area contributed by atoms with E-state index in [-0.39, 0.29) is 16.4 Å². The zero-order valence-electron chi connectivity index (χ0n) is 12.2. The van der Waals surface area contributed by atoms with Crippen LogP contribution in [0.3, 0.4) is 0 Å². The van der Waals surface area contributed by atoms with Gasteiger partial charge in [0.1, 0.15) is 4.90 Å². The monoisotopic (exact) mass is 298 g/mol. The second-order valence-corrected chi connectivity index (χ2v) is 8.26. The Kier molecular flexibility index (Phi) is 4.07. The van der Waals surface area contributed by atoms with Crippen LogP contribution in [0.25, 0.3) is 0 Å². The van der Waals surface area contributed by atoms with Gasteiger partial charge in [-0.1, -0.05) is 13.8 Å². The molecule has 1 heterocycles. The molecule has 20 heavy (non-hydrogen) atoms. The third kappa shape index (κ3) is 2.96. The fraction of sp³-hybridized carbons (Fsp3) is 0.643. The van der Waals surface area contributed by atoms with Crippen LogP contribution in [-0.2, 0) is 10.0 Å². The average Bonchev–Trinajstić information content (AvgIpc) is 2.38. The SMILES string of the molecule is CN(C1CCC(C)(C)CC1)S(=O)(=O)c1c[nH]ccc1=O. The highest BCUT2D eigenvalue weighted by Gasteiger charge is 2.34. The van der Waals surface area contributed by atoms with Gasteiger partial charge in [-0.2, -0.15) is 4.31 Å². The van der Waals surface area contributed by atoms with Gasteiger partial charge in [-0.25, -0.2) is 8.42 Å². The molecule has 1 aromatic heterocycles. The number of hydrogen-bond donors (Lipinski definition) is 1. The van der Waals surface area contributed by atoms with Gasteiger partial charge in [0, 0.05) is 31.5 Å². The summed E-state index contributed by atoms with van der Waals surface area (Å²) >= 11 is 0. The van der Waals surface area contributed by atoms with Crippen LogP contribution in [0.1, 0.15) is 39.5 Å². The largest absolute Gasteiger partial charge is 0.366 e. The summed E-state index contributed by atoms with van der Waals surface area (Å²) in [4.78, 5) is 14.2. The summed E-state index contributed by atoms with van der Waals surface area (Å²) in [7, 11) is -2.14. The number of aromatic nitrogens is 1. The molecule has 0 aliphatic heterocycles. The molecule has 112 valence electrons. The zero-order valence-corrected chi connectivity index (χ0v) is 13.0. The smallest absolute Gasteiger partial charge is 0.248 e. The van der Waals surface area contributed by atoms with E-state index >= 15 is 0 Å². The maximum Gasteiger partial charge on any atom is 0.248 e. The molecule has 1 fully saturated rings. The minimum absolute atomic E-state index is 0.0207. The molecular weight excluding hydrogens is 276 g/mol. The van der Waals surface area contributed by atoms with Crippen LogP contribution in [0.15, 0.2) is 28.2 Å². The molecule has 0 bridgehead atoms. The van der Waals surface area contributed by atoms with Crippen LogP contribution < -0.4 is 5.43 Å². The Morgan fingerprint density at radius 2 is 1.90 bits per heavy atom. The number of nitrogens with one attached hydrogen (secondary N) is 1. The minimum atomic E-state index is -3.72. The Morgan fingerprint density at radius 1 is 1.30 bits per heavy atom. The Labute approximate surface area is 120 Å². The fourth-order valence-corrected chi connectivity index (χ4v) is 4.15. The average molecular weight is 298 g/mol. The van der Waals surface area contributed by atoms with Crippen molar-refractivity contribution in [3.63, 3.8) is 0 Å². The number of rotatable bonds is 3. The number of aromatic amines is 1. The minimum Gasteiger partial charge on any atom is -0.366 e. The van der Waals surface area contributed by atoms with Gasteiger partial charge in [0.2, 0.25) is 15.5 Å². The highest BCUT2D eigenvalue weighted by Crippen LogP contribution is 2.37. The highest BCUT2D eigenvalue weighted by molar-refractivity contribution is 7.89.